The zero-order chi connectivity index (χ0) is 22.8. The molecule has 8 heteroatoms. The largest absolute Gasteiger partial charge is 0.493 e. The SMILES string of the molecule is CC[C@@H](C(=O)NCc1cccc(OC)c1OC)n1c2ccccc2c2cnn(C)c(=O)c21. The van der Waals surface area contributed by atoms with Crippen LogP contribution in [0.4, 0.5) is 0 Å². The van der Waals surface area contributed by atoms with Crippen LogP contribution >= 0.6 is 0 Å². The minimum atomic E-state index is -0.566. The maximum absolute atomic E-state index is 13.4. The molecule has 8 nitrogen and oxygen atoms in total. The van der Waals surface area contributed by atoms with Gasteiger partial charge in [-0.3, -0.25) is 9.59 Å². The van der Waals surface area contributed by atoms with Crippen LogP contribution in [0.25, 0.3) is 21.8 Å². The predicted octanol–water partition coefficient (Wildman–Crippen LogP) is 3.17. The molecular weight excluding hydrogens is 408 g/mol. The number of hydrogen-bond donors (Lipinski definition) is 1. The zero-order valence-electron chi connectivity index (χ0n) is 18.6. The van der Waals surface area contributed by atoms with Gasteiger partial charge >= 0.3 is 0 Å². The molecular formula is C24H26N4O4. The van der Waals surface area contributed by atoms with Crippen LogP contribution in [0.2, 0.25) is 0 Å². The molecule has 2 aromatic carbocycles. The summed E-state index contributed by atoms with van der Waals surface area (Å²) >= 11 is 0. The van der Waals surface area contributed by atoms with Crippen molar-refractivity contribution in [1.82, 2.24) is 19.7 Å². The fraction of sp³-hybridized carbons (Fsp3) is 0.292. The molecule has 0 aliphatic rings. The van der Waals surface area contributed by atoms with Crippen molar-refractivity contribution in [2.75, 3.05) is 14.2 Å². The first-order valence-corrected chi connectivity index (χ1v) is 10.4. The molecule has 166 valence electrons. The minimum absolute atomic E-state index is 0.182. The minimum Gasteiger partial charge on any atom is -0.493 e. The molecule has 1 amide bonds. The van der Waals surface area contributed by atoms with Gasteiger partial charge in [0.05, 0.1) is 25.9 Å². The summed E-state index contributed by atoms with van der Waals surface area (Å²) < 4.78 is 14.0. The number of benzene rings is 2. The van der Waals surface area contributed by atoms with Crippen LogP contribution in [0, 0.1) is 0 Å². The molecule has 4 rings (SSSR count). The second kappa shape index (κ2) is 8.74. The number of fused-ring (bicyclic) bond motifs is 3. The summed E-state index contributed by atoms with van der Waals surface area (Å²) in [7, 11) is 4.75. The van der Waals surface area contributed by atoms with E-state index in [1.807, 2.05) is 47.9 Å². The number of carbonyl (C=O) groups is 1. The van der Waals surface area contributed by atoms with Crippen molar-refractivity contribution < 1.29 is 14.3 Å². The van der Waals surface area contributed by atoms with Crippen LogP contribution in [0.3, 0.4) is 0 Å². The molecule has 0 saturated carbocycles. The highest BCUT2D eigenvalue weighted by molar-refractivity contribution is 6.08. The van der Waals surface area contributed by atoms with E-state index in [4.69, 9.17) is 9.47 Å². The second-order valence-electron chi connectivity index (χ2n) is 7.52. The Balaban J connectivity index is 1.75. The van der Waals surface area contributed by atoms with Crippen LogP contribution in [0.15, 0.2) is 53.5 Å². The van der Waals surface area contributed by atoms with Crippen molar-refractivity contribution in [3.05, 3.63) is 64.6 Å². The number of carbonyl (C=O) groups excluding carboxylic acids is 1. The number of rotatable bonds is 7. The van der Waals surface area contributed by atoms with Crippen molar-refractivity contribution in [3.8, 4) is 11.5 Å². The van der Waals surface area contributed by atoms with Crippen molar-refractivity contribution in [1.29, 1.82) is 0 Å². The molecule has 0 radical (unpaired) electrons. The summed E-state index contributed by atoms with van der Waals surface area (Å²) in [5.74, 6) is 1.00. The normalized spacial score (nSPS) is 12.1. The molecule has 0 saturated heterocycles. The summed E-state index contributed by atoms with van der Waals surface area (Å²) in [5.41, 5.74) is 1.87. The van der Waals surface area contributed by atoms with Crippen molar-refractivity contribution in [3.63, 3.8) is 0 Å². The number of para-hydroxylation sites is 2. The highest BCUT2D eigenvalue weighted by Crippen LogP contribution is 2.32. The number of methoxy groups -OCH3 is 2. The van der Waals surface area contributed by atoms with Gasteiger partial charge < -0.3 is 19.4 Å². The van der Waals surface area contributed by atoms with Gasteiger partial charge in [-0.25, -0.2) is 4.68 Å². The quantitative estimate of drug-likeness (QED) is 0.483. The Bertz CT molecular complexity index is 1360. The molecule has 0 aliphatic carbocycles. The van der Waals surface area contributed by atoms with Gasteiger partial charge in [0.25, 0.3) is 5.56 Å². The fourth-order valence-corrected chi connectivity index (χ4v) is 4.19. The third-order valence-corrected chi connectivity index (χ3v) is 5.74. The highest BCUT2D eigenvalue weighted by atomic mass is 16.5. The molecule has 1 N–H and O–H groups in total. The topological polar surface area (TPSA) is 87.4 Å². The maximum atomic E-state index is 13.4. The Morgan fingerprint density at radius 3 is 2.59 bits per heavy atom. The molecule has 2 heterocycles. The first-order chi connectivity index (χ1) is 15.5. The lowest BCUT2D eigenvalue weighted by Crippen LogP contribution is -2.33. The van der Waals surface area contributed by atoms with E-state index in [0.29, 0.717) is 23.4 Å². The van der Waals surface area contributed by atoms with Crippen LogP contribution in [-0.2, 0) is 18.4 Å². The van der Waals surface area contributed by atoms with Crippen LogP contribution in [0.5, 0.6) is 11.5 Å². The molecule has 32 heavy (non-hydrogen) atoms. The number of aromatic nitrogens is 3. The number of hydrogen-bond acceptors (Lipinski definition) is 5. The Morgan fingerprint density at radius 2 is 1.88 bits per heavy atom. The lowest BCUT2D eigenvalue weighted by Gasteiger charge is -2.20. The lowest BCUT2D eigenvalue weighted by atomic mass is 10.1. The van der Waals surface area contributed by atoms with E-state index in [9.17, 15) is 9.59 Å². The van der Waals surface area contributed by atoms with Crippen molar-refractivity contribution in [2.24, 2.45) is 7.05 Å². The average Bonchev–Trinajstić information content (AvgIpc) is 3.15. The number of aryl methyl sites for hydroxylation is 1. The van der Waals surface area contributed by atoms with E-state index in [0.717, 1.165) is 21.9 Å². The number of amides is 1. The number of nitrogens with zero attached hydrogens (tertiary/aromatic N) is 3. The van der Waals surface area contributed by atoms with Gasteiger partial charge in [-0.1, -0.05) is 37.3 Å². The first kappa shape index (κ1) is 21.4. The Hall–Kier alpha value is -3.81. The Labute approximate surface area is 185 Å². The smallest absolute Gasteiger partial charge is 0.291 e. The fourth-order valence-electron chi connectivity index (χ4n) is 4.19. The van der Waals surface area contributed by atoms with Crippen molar-refractivity contribution >= 4 is 27.7 Å². The molecule has 0 bridgehead atoms. The molecule has 0 unspecified atom stereocenters. The monoisotopic (exact) mass is 434 g/mol. The highest BCUT2D eigenvalue weighted by Gasteiger charge is 2.25. The lowest BCUT2D eigenvalue weighted by molar-refractivity contribution is -0.124. The standard InChI is InChI=1S/C24H26N4O4/c1-5-18(23(29)25-13-15-9-8-12-20(31-3)22(15)32-4)28-19-11-7-6-10-16(19)17-14-26-27(2)24(30)21(17)28/h6-12,14,18H,5,13H2,1-4H3,(H,25,29)/t18-/m0/s1. The van der Waals surface area contributed by atoms with Crippen LogP contribution < -0.4 is 20.3 Å². The molecule has 2 aromatic heterocycles. The second-order valence-corrected chi connectivity index (χ2v) is 7.52. The van der Waals surface area contributed by atoms with E-state index in [1.165, 1.54) is 4.68 Å². The van der Waals surface area contributed by atoms with Gasteiger partial charge in [0.15, 0.2) is 11.5 Å². The van der Waals surface area contributed by atoms with Crippen LogP contribution in [-0.4, -0.2) is 34.5 Å². The Kier molecular flexibility index (Phi) is 5.85. The van der Waals surface area contributed by atoms with E-state index in [-0.39, 0.29) is 18.0 Å². The summed E-state index contributed by atoms with van der Waals surface area (Å²) in [5, 5.41) is 8.82. The molecule has 0 aliphatic heterocycles. The third kappa shape index (κ3) is 3.47. The van der Waals surface area contributed by atoms with E-state index < -0.39 is 6.04 Å². The van der Waals surface area contributed by atoms with Gasteiger partial charge in [0.2, 0.25) is 5.91 Å². The van der Waals surface area contributed by atoms with Gasteiger partial charge in [-0.05, 0) is 18.6 Å². The van der Waals surface area contributed by atoms with Gasteiger partial charge in [0, 0.05) is 29.9 Å². The van der Waals surface area contributed by atoms with E-state index >= 15 is 0 Å². The summed E-state index contributed by atoms with van der Waals surface area (Å²) in [4.78, 5) is 26.4. The maximum Gasteiger partial charge on any atom is 0.291 e. The average molecular weight is 434 g/mol. The van der Waals surface area contributed by atoms with Gasteiger partial charge in [0.1, 0.15) is 11.6 Å². The number of nitrogens with one attached hydrogen (secondary N) is 1. The first-order valence-electron chi connectivity index (χ1n) is 10.4. The van der Waals surface area contributed by atoms with Crippen LogP contribution in [0.1, 0.15) is 24.9 Å². The summed E-state index contributed by atoms with van der Waals surface area (Å²) in [6, 6.07) is 12.7. The predicted molar refractivity (Wildman–Crippen MR) is 123 cm³/mol. The van der Waals surface area contributed by atoms with E-state index in [2.05, 4.69) is 10.4 Å². The van der Waals surface area contributed by atoms with Gasteiger partial charge in [-0.2, -0.15) is 5.10 Å². The Morgan fingerprint density at radius 1 is 1.09 bits per heavy atom. The third-order valence-electron chi connectivity index (χ3n) is 5.74. The molecule has 0 spiro atoms. The summed E-state index contributed by atoms with van der Waals surface area (Å²) in [6.07, 6.45) is 2.20. The molecule has 0 fully saturated rings. The molecule has 1 atom stereocenters. The zero-order valence-corrected chi connectivity index (χ0v) is 18.6. The van der Waals surface area contributed by atoms with Crippen molar-refractivity contribution in [2.45, 2.75) is 25.9 Å². The summed E-state index contributed by atoms with van der Waals surface area (Å²) in [6.45, 7) is 2.20. The molecule has 4 aromatic rings. The van der Waals surface area contributed by atoms with Gasteiger partial charge in [-0.15, -0.1) is 0 Å². The number of ether oxygens (including phenoxy) is 2. The van der Waals surface area contributed by atoms with E-state index in [1.54, 1.807) is 33.5 Å².